The average molecular weight is 379 g/mol. The summed E-state index contributed by atoms with van der Waals surface area (Å²) in [7, 11) is 0. The van der Waals surface area contributed by atoms with Crippen LogP contribution < -0.4 is 0 Å². The Balaban J connectivity index is 2.43. The molecule has 1 nitrogen and oxygen atoms in total. The van der Waals surface area contributed by atoms with Gasteiger partial charge in [-0.3, -0.25) is 0 Å². The van der Waals surface area contributed by atoms with E-state index in [-0.39, 0.29) is 0 Å². The molecule has 0 spiro atoms. The fourth-order valence-corrected chi connectivity index (χ4v) is 3.35. The van der Waals surface area contributed by atoms with Crippen LogP contribution in [0.5, 0.6) is 0 Å². The van der Waals surface area contributed by atoms with E-state index in [0.29, 0.717) is 0 Å². The van der Waals surface area contributed by atoms with Gasteiger partial charge >= 0.3 is 0 Å². The number of rotatable bonds is 2. The minimum atomic E-state index is -0.564. The molecule has 0 bridgehead atoms. The molecule has 1 aromatic carbocycles. The Labute approximate surface area is 124 Å². The second-order valence-electron chi connectivity index (χ2n) is 4.04. The summed E-state index contributed by atoms with van der Waals surface area (Å²) in [5.41, 5.74) is 3.90. The highest BCUT2D eigenvalue weighted by atomic mass is 127. The van der Waals surface area contributed by atoms with Gasteiger partial charge in [-0.2, -0.15) is 0 Å². The van der Waals surface area contributed by atoms with Crippen LogP contribution in [-0.4, -0.2) is 5.11 Å². The molecular formula is C13H12ClIOS. The van der Waals surface area contributed by atoms with Crippen molar-refractivity contribution in [3.05, 3.63) is 53.7 Å². The Morgan fingerprint density at radius 1 is 1.24 bits per heavy atom. The van der Waals surface area contributed by atoms with E-state index in [9.17, 15) is 5.11 Å². The summed E-state index contributed by atoms with van der Waals surface area (Å²) in [6.45, 7) is 3.93. The molecule has 1 unspecified atom stereocenters. The van der Waals surface area contributed by atoms with Crippen LogP contribution >= 0.6 is 45.5 Å². The van der Waals surface area contributed by atoms with Crippen molar-refractivity contribution in [2.24, 2.45) is 0 Å². The minimum Gasteiger partial charge on any atom is -0.384 e. The number of benzene rings is 1. The van der Waals surface area contributed by atoms with Gasteiger partial charge in [0, 0.05) is 5.02 Å². The summed E-state index contributed by atoms with van der Waals surface area (Å²) >= 11 is 9.96. The van der Waals surface area contributed by atoms with E-state index >= 15 is 0 Å². The molecular weight excluding hydrogens is 367 g/mol. The van der Waals surface area contributed by atoms with Crippen LogP contribution in [0.3, 0.4) is 0 Å². The van der Waals surface area contributed by atoms with Crippen molar-refractivity contribution in [3.63, 3.8) is 0 Å². The molecule has 17 heavy (non-hydrogen) atoms. The Kier molecular flexibility index (Phi) is 4.13. The Bertz CT molecular complexity index is 550. The quantitative estimate of drug-likeness (QED) is 0.751. The summed E-state index contributed by atoms with van der Waals surface area (Å²) < 4.78 is 1.18. The van der Waals surface area contributed by atoms with Gasteiger partial charge < -0.3 is 5.11 Å². The van der Waals surface area contributed by atoms with Crippen molar-refractivity contribution < 1.29 is 5.11 Å². The molecule has 2 aromatic rings. The molecule has 2 rings (SSSR count). The maximum Gasteiger partial charge on any atom is 0.105 e. The van der Waals surface area contributed by atoms with Crippen LogP contribution in [0.2, 0.25) is 5.02 Å². The summed E-state index contributed by atoms with van der Waals surface area (Å²) in [5.74, 6) is 0. The van der Waals surface area contributed by atoms with Crippen LogP contribution in [0.25, 0.3) is 0 Å². The van der Waals surface area contributed by atoms with Gasteiger partial charge in [-0.05, 0) is 76.2 Å². The maximum atomic E-state index is 10.4. The lowest BCUT2D eigenvalue weighted by molar-refractivity contribution is 0.220. The third-order valence-electron chi connectivity index (χ3n) is 2.75. The standard InChI is InChI=1S/C13H12ClIOS/c1-7-4-11(14)8(2)3-10(7)13(16)9-5-12(15)17-6-9/h3-6,13,16H,1-2H3. The first-order valence-electron chi connectivity index (χ1n) is 5.17. The third-order valence-corrected chi connectivity index (χ3v) is 4.96. The molecule has 0 aliphatic rings. The van der Waals surface area contributed by atoms with E-state index in [0.717, 1.165) is 27.3 Å². The molecule has 0 aliphatic heterocycles. The lowest BCUT2D eigenvalue weighted by Gasteiger charge is -2.14. The van der Waals surface area contributed by atoms with Gasteiger partial charge in [-0.25, -0.2) is 0 Å². The molecule has 1 aromatic heterocycles. The lowest BCUT2D eigenvalue weighted by Crippen LogP contribution is -2.01. The molecule has 0 saturated carbocycles. The fraction of sp³-hybridized carbons (Fsp3) is 0.231. The van der Waals surface area contributed by atoms with E-state index < -0.39 is 6.10 Å². The van der Waals surface area contributed by atoms with Gasteiger partial charge in [0.25, 0.3) is 0 Å². The van der Waals surface area contributed by atoms with Crippen LogP contribution in [0, 0.1) is 16.7 Å². The molecule has 1 atom stereocenters. The van der Waals surface area contributed by atoms with E-state index in [1.807, 2.05) is 37.4 Å². The monoisotopic (exact) mass is 378 g/mol. The van der Waals surface area contributed by atoms with Crippen molar-refractivity contribution in [3.8, 4) is 0 Å². The predicted octanol–water partition coefficient (Wildman–Crippen LogP) is 4.70. The van der Waals surface area contributed by atoms with E-state index in [1.165, 1.54) is 2.88 Å². The molecule has 4 heteroatoms. The van der Waals surface area contributed by atoms with Crippen LogP contribution in [0.4, 0.5) is 0 Å². The number of aryl methyl sites for hydroxylation is 2. The zero-order valence-corrected chi connectivity index (χ0v) is 13.2. The molecule has 0 amide bonds. The van der Waals surface area contributed by atoms with Crippen molar-refractivity contribution in [2.45, 2.75) is 20.0 Å². The lowest BCUT2D eigenvalue weighted by atomic mass is 9.97. The van der Waals surface area contributed by atoms with Gasteiger partial charge in [-0.1, -0.05) is 17.7 Å². The number of aliphatic hydroxyl groups excluding tert-OH is 1. The highest BCUT2D eigenvalue weighted by Crippen LogP contribution is 2.31. The zero-order chi connectivity index (χ0) is 12.6. The Hall–Kier alpha value is -0.100. The summed E-state index contributed by atoms with van der Waals surface area (Å²) in [6.07, 6.45) is -0.564. The predicted molar refractivity (Wildman–Crippen MR) is 82.0 cm³/mol. The molecule has 0 radical (unpaired) electrons. The minimum absolute atomic E-state index is 0.564. The largest absolute Gasteiger partial charge is 0.384 e. The summed E-state index contributed by atoms with van der Waals surface area (Å²) in [5, 5.41) is 13.1. The zero-order valence-electron chi connectivity index (χ0n) is 9.50. The number of hydrogen-bond donors (Lipinski definition) is 1. The first kappa shape index (κ1) is 13.3. The van der Waals surface area contributed by atoms with Crippen molar-refractivity contribution >= 4 is 45.5 Å². The molecule has 0 fully saturated rings. The number of hydrogen-bond acceptors (Lipinski definition) is 2. The molecule has 0 aliphatic carbocycles. The summed E-state index contributed by atoms with van der Waals surface area (Å²) in [4.78, 5) is 0. The van der Waals surface area contributed by atoms with E-state index in [2.05, 4.69) is 22.6 Å². The smallest absolute Gasteiger partial charge is 0.105 e. The molecule has 90 valence electrons. The maximum absolute atomic E-state index is 10.4. The fourth-order valence-electron chi connectivity index (χ4n) is 1.74. The first-order valence-corrected chi connectivity index (χ1v) is 7.51. The summed E-state index contributed by atoms with van der Waals surface area (Å²) in [6, 6.07) is 5.89. The molecule has 1 heterocycles. The average Bonchev–Trinajstić information content (AvgIpc) is 2.69. The van der Waals surface area contributed by atoms with Crippen LogP contribution in [0.15, 0.2) is 23.6 Å². The second kappa shape index (κ2) is 5.26. The van der Waals surface area contributed by atoms with Gasteiger partial charge in [-0.15, -0.1) is 11.3 Å². The van der Waals surface area contributed by atoms with Gasteiger partial charge in [0.2, 0.25) is 0 Å². The van der Waals surface area contributed by atoms with Gasteiger partial charge in [0.15, 0.2) is 0 Å². The Morgan fingerprint density at radius 3 is 2.53 bits per heavy atom. The normalized spacial score (nSPS) is 12.8. The molecule has 0 saturated heterocycles. The topological polar surface area (TPSA) is 20.2 Å². The highest BCUT2D eigenvalue weighted by Gasteiger charge is 2.15. The van der Waals surface area contributed by atoms with Gasteiger partial charge in [0.05, 0.1) is 2.88 Å². The van der Waals surface area contributed by atoms with Crippen LogP contribution in [-0.2, 0) is 0 Å². The third kappa shape index (κ3) is 2.84. The van der Waals surface area contributed by atoms with Crippen LogP contribution in [0.1, 0.15) is 28.4 Å². The van der Waals surface area contributed by atoms with E-state index in [1.54, 1.807) is 11.3 Å². The number of thiophene rings is 1. The van der Waals surface area contributed by atoms with E-state index in [4.69, 9.17) is 11.6 Å². The highest BCUT2D eigenvalue weighted by molar-refractivity contribution is 14.1. The van der Waals surface area contributed by atoms with Crippen molar-refractivity contribution in [1.82, 2.24) is 0 Å². The van der Waals surface area contributed by atoms with Crippen molar-refractivity contribution in [1.29, 1.82) is 0 Å². The number of aliphatic hydroxyl groups is 1. The van der Waals surface area contributed by atoms with Gasteiger partial charge in [0.1, 0.15) is 6.10 Å². The first-order chi connectivity index (χ1) is 7.99. The number of halogens is 2. The Morgan fingerprint density at radius 2 is 1.94 bits per heavy atom. The second-order valence-corrected chi connectivity index (χ2v) is 7.26. The molecule has 1 N–H and O–H groups in total. The van der Waals surface area contributed by atoms with Crippen molar-refractivity contribution in [2.75, 3.05) is 0 Å². The SMILES string of the molecule is Cc1cc(C(O)c2csc(I)c2)c(C)cc1Cl.